The lowest BCUT2D eigenvalue weighted by Gasteiger charge is -2.11. The number of nitro groups is 1. The molecule has 0 heterocycles. The van der Waals surface area contributed by atoms with Crippen LogP contribution in [0.3, 0.4) is 0 Å². The van der Waals surface area contributed by atoms with Crippen LogP contribution in [0.15, 0.2) is 47.4 Å². The van der Waals surface area contributed by atoms with E-state index in [1.54, 1.807) is 0 Å². The van der Waals surface area contributed by atoms with E-state index in [1.807, 2.05) is 0 Å². The molecule has 0 saturated carbocycles. The third-order valence-corrected chi connectivity index (χ3v) is 4.83. The lowest BCUT2D eigenvalue weighted by atomic mass is 10.3. The second-order valence-corrected chi connectivity index (χ2v) is 6.96. The van der Waals surface area contributed by atoms with Crippen LogP contribution in [-0.4, -0.2) is 40.0 Å². The second kappa shape index (κ2) is 8.47. The van der Waals surface area contributed by atoms with Gasteiger partial charge >= 0.3 is 0 Å². The summed E-state index contributed by atoms with van der Waals surface area (Å²) in [4.78, 5) is 22.0. The van der Waals surface area contributed by atoms with Gasteiger partial charge in [0.15, 0.2) is 11.5 Å². The van der Waals surface area contributed by atoms with Gasteiger partial charge in [-0.05, 0) is 18.2 Å². The van der Waals surface area contributed by atoms with Gasteiger partial charge in [0.1, 0.15) is 0 Å². The first-order chi connectivity index (χ1) is 12.8. The molecule has 0 fully saturated rings. The molecule has 2 rings (SSSR count). The van der Waals surface area contributed by atoms with Crippen molar-refractivity contribution in [2.45, 2.75) is 4.90 Å². The molecule has 0 spiro atoms. The molecule has 11 heteroatoms. The van der Waals surface area contributed by atoms with Gasteiger partial charge in [0, 0.05) is 23.9 Å². The van der Waals surface area contributed by atoms with Crippen molar-refractivity contribution in [2.75, 3.05) is 26.1 Å². The van der Waals surface area contributed by atoms with E-state index in [9.17, 15) is 23.3 Å². The van der Waals surface area contributed by atoms with E-state index in [2.05, 4.69) is 10.0 Å². The average Bonchev–Trinajstić information content (AvgIpc) is 2.66. The van der Waals surface area contributed by atoms with Gasteiger partial charge in [0.25, 0.3) is 5.69 Å². The lowest BCUT2D eigenvalue weighted by molar-refractivity contribution is -0.384. The van der Waals surface area contributed by atoms with Crippen molar-refractivity contribution in [1.29, 1.82) is 0 Å². The van der Waals surface area contributed by atoms with Crippen LogP contribution in [-0.2, 0) is 14.8 Å². The Morgan fingerprint density at radius 1 is 1.11 bits per heavy atom. The van der Waals surface area contributed by atoms with E-state index in [1.165, 1.54) is 56.7 Å². The molecule has 27 heavy (non-hydrogen) atoms. The Kier molecular flexibility index (Phi) is 6.32. The zero-order chi connectivity index (χ0) is 20.0. The third kappa shape index (κ3) is 5.15. The minimum Gasteiger partial charge on any atom is -0.493 e. The Labute approximate surface area is 155 Å². The SMILES string of the molecule is COc1ccc(S(=O)(=O)NCC(=O)Nc2cccc([N+](=O)[O-])c2)cc1OC. The maximum Gasteiger partial charge on any atom is 0.271 e. The summed E-state index contributed by atoms with van der Waals surface area (Å²) >= 11 is 0. The standard InChI is InChI=1S/C16H17N3O7S/c1-25-14-7-6-13(9-15(14)26-2)27(23,24)17-10-16(20)18-11-4-3-5-12(8-11)19(21)22/h3-9,17H,10H2,1-2H3,(H,18,20). The highest BCUT2D eigenvalue weighted by molar-refractivity contribution is 7.89. The Bertz CT molecular complexity index is 960. The molecule has 0 aliphatic carbocycles. The fourth-order valence-electron chi connectivity index (χ4n) is 2.13. The summed E-state index contributed by atoms with van der Waals surface area (Å²) in [6, 6.07) is 9.30. The zero-order valence-corrected chi connectivity index (χ0v) is 15.3. The number of carbonyl (C=O) groups excluding carboxylic acids is 1. The lowest BCUT2D eigenvalue weighted by Crippen LogP contribution is -2.32. The first kappa shape index (κ1) is 20.1. The molecule has 0 atom stereocenters. The smallest absolute Gasteiger partial charge is 0.271 e. The van der Waals surface area contributed by atoms with Crippen molar-refractivity contribution < 1.29 is 27.6 Å². The number of ether oxygens (including phenoxy) is 2. The quantitative estimate of drug-likeness (QED) is 0.511. The van der Waals surface area contributed by atoms with E-state index in [4.69, 9.17) is 9.47 Å². The molecule has 2 aromatic rings. The molecule has 2 aromatic carbocycles. The molecule has 0 saturated heterocycles. The minimum absolute atomic E-state index is 0.108. The van der Waals surface area contributed by atoms with Crippen molar-refractivity contribution in [3.05, 3.63) is 52.6 Å². The number of methoxy groups -OCH3 is 2. The number of nitrogens with zero attached hydrogens (tertiary/aromatic N) is 1. The maximum absolute atomic E-state index is 12.3. The summed E-state index contributed by atoms with van der Waals surface area (Å²) in [5.41, 5.74) is -0.0155. The van der Waals surface area contributed by atoms with Crippen LogP contribution >= 0.6 is 0 Å². The third-order valence-electron chi connectivity index (χ3n) is 3.43. The number of sulfonamides is 1. The number of non-ortho nitro benzene ring substituents is 1. The molecule has 10 nitrogen and oxygen atoms in total. The zero-order valence-electron chi connectivity index (χ0n) is 14.5. The normalized spacial score (nSPS) is 10.9. The Morgan fingerprint density at radius 3 is 2.44 bits per heavy atom. The van der Waals surface area contributed by atoms with Crippen molar-refractivity contribution in [1.82, 2.24) is 4.72 Å². The number of hydrogen-bond acceptors (Lipinski definition) is 7. The Hall–Kier alpha value is -3.18. The van der Waals surface area contributed by atoms with E-state index in [-0.39, 0.29) is 22.0 Å². The first-order valence-corrected chi connectivity index (χ1v) is 9.01. The van der Waals surface area contributed by atoms with Gasteiger partial charge in [0.2, 0.25) is 15.9 Å². The van der Waals surface area contributed by atoms with Crippen LogP contribution in [0.2, 0.25) is 0 Å². The van der Waals surface area contributed by atoms with Crippen LogP contribution in [0.5, 0.6) is 11.5 Å². The van der Waals surface area contributed by atoms with E-state index in [0.29, 0.717) is 5.75 Å². The molecule has 144 valence electrons. The summed E-state index contributed by atoms with van der Waals surface area (Å²) < 4.78 is 36.9. The summed E-state index contributed by atoms with van der Waals surface area (Å²) in [5, 5.41) is 13.1. The number of hydrogen-bond donors (Lipinski definition) is 2. The molecule has 0 unspecified atom stereocenters. The van der Waals surface area contributed by atoms with Crippen LogP contribution in [0.4, 0.5) is 11.4 Å². The number of nitrogens with one attached hydrogen (secondary N) is 2. The van der Waals surface area contributed by atoms with Gasteiger partial charge in [-0.1, -0.05) is 6.07 Å². The Balaban J connectivity index is 2.05. The van der Waals surface area contributed by atoms with Gasteiger partial charge < -0.3 is 14.8 Å². The Morgan fingerprint density at radius 2 is 1.81 bits per heavy atom. The summed E-state index contributed by atoms with van der Waals surface area (Å²) in [7, 11) is -1.19. The molecule has 1 amide bonds. The van der Waals surface area contributed by atoms with E-state index < -0.39 is 27.4 Å². The van der Waals surface area contributed by atoms with Crippen molar-refractivity contribution >= 4 is 27.3 Å². The maximum atomic E-state index is 12.3. The minimum atomic E-state index is -3.98. The van der Waals surface area contributed by atoms with Gasteiger partial charge in [-0.15, -0.1) is 0 Å². The highest BCUT2D eigenvalue weighted by Gasteiger charge is 2.18. The number of carbonyl (C=O) groups is 1. The summed E-state index contributed by atoms with van der Waals surface area (Å²) in [6.07, 6.45) is 0. The van der Waals surface area contributed by atoms with Crippen LogP contribution in [0, 0.1) is 10.1 Å². The van der Waals surface area contributed by atoms with Gasteiger partial charge in [-0.25, -0.2) is 13.1 Å². The molecule has 0 aliphatic rings. The molecular formula is C16H17N3O7S. The van der Waals surface area contributed by atoms with E-state index in [0.717, 1.165) is 0 Å². The van der Waals surface area contributed by atoms with Crippen molar-refractivity contribution in [3.63, 3.8) is 0 Å². The van der Waals surface area contributed by atoms with Crippen LogP contribution in [0.25, 0.3) is 0 Å². The molecule has 0 radical (unpaired) electrons. The average molecular weight is 395 g/mol. The van der Waals surface area contributed by atoms with E-state index >= 15 is 0 Å². The highest BCUT2D eigenvalue weighted by Crippen LogP contribution is 2.29. The number of benzene rings is 2. The van der Waals surface area contributed by atoms with Crippen LogP contribution < -0.4 is 19.5 Å². The predicted molar refractivity (Wildman–Crippen MR) is 96.5 cm³/mol. The number of amides is 1. The fourth-order valence-corrected chi connectivity index (χ4v) is 3.13. The molecule has 0 aromatic heterocycles. The highest BCUT2D eigenvalue weighted by atomic mass is 32.2. The van der Waals surface area contributed by atoms with Crippen molar-refractivity contribution in [2.24, 2.45) is 0 Å². The van der Waals surface area contributed by atoms with Gasteiger partial charge in [-0.3, -0.25) is 14.9 Å². The summed E-state index contributed by atoms with van der Waals surface area (Å²) in [6.45, 7) is -0.556. The second-order valence-electron chi connectivity index (χ2n) is 5.20. The van der Waals surface area contributed by atoms with Gasteiger partial charge in [0.05, 0.1) is 30.6 Å². The number of nitro benzene ring substituents is 1. The fraction of sp³-hybridized carbons (Fsp3) is 0.188. The largest absolute Gasteiger partial charge is 0.493 e. The molecule has 0 aliphatic heterocycles. The molecule has 2 N–H and O–H groups in total. The number of anilines is 1. The van der Waals surface area contributed by atoms with Gasteiger partial charge in [-0.2, -0.15) is 0 Å². The monoisotopic (exact) mass is 395 g/mol. The molecular weight excluding hydrogens is 378 g/mol. The van der Waals surface area contributed by atoms with Crippen LogP contribution in [0.1, 0.15) is 0 Å². The van der Waals surface area contributed by atoms with Crippen molar-refractivity contribution in [3.8, 4) is 11.5 Å². The topological polar surface area (TPSA) is 137 Å². The summed E-state index contributed by atoms with van der Waals surface area (Å²) in [5.74, 6) is -0.0964. The molecule has 0 bridgehead atoms. The predicted octanol–water partition coefficient (Wildman–Crippen LogP) is 1.53. The number of rotatable bonds is 8. The first-order valence-electron chi connectivity index (χ1n) is 7.53.